The van der Waals surface area contributed by atoms with Crippen LogP contribution in [0.1, 0.15) is 31.5 Å². The van der Waals surface area contributed by atoms with Crippen molar-refractivity contribution in [3.8, 4) is 0 Å². The number of aromatic nitrogens is 1. The van der Waals surface area contributed by atoms with E-state index in [4.69, 9.17) is 4.74 Å². The van der Waals surface area contributed by atoms with Crippen molar-refractivity contribution in [2.75, 3.05) is 26.2 Å². The molecular weight excluding hydrogens is 254 g/mol. The maximum atomic E-state index is 12.0. The first-order valence-corrected chi connectivity index (χ1v) is 7.51. The third-order valence-electron chi connectivity index (χ3n) is 4.37. The Morgan fingerprint density at radius 3 is 3.20 bits per heavy atom. The summed E-state index contributed by atoms with van der Waals surface area (Å²) in [6, 6.07) is 4.51. The fraction of sp³-hybridized carbons (Fsp3) is 0.667. The van der Waals surface area contributed by atoms with Gasteiger partial charge in [0, 0.05) is 44.2 Å². The highest BCUT2D eigenvalue weighted by Crippen LogP contribution is 2.24. The van der Waals surface area contributed by atoms with Gasteiger partial charge in [-0.3, -0.25) is 9.69 Å². The molecule has 0 bridgehead atoms. The second kappa shape index (κ2) is 5.97. The smallest absolute Gasteiger partial charge is 0.234 e. The van der Waals surface area contributed by atoms with Gasteiger partial charge in [-0.1, -0.05) is 0 Å². The number of carbonyl (C=O) groups is 1. The summed E-state index contributed by atoms with van der Waals surface area (Å²) in [6.45, 7) is 6.01. The van der Waals surface area contributed by atoms with Crippen molar-refractivity contribution in [1.82, 2.24) is 14.8 Å². The highest BCUT2D eigenvalue weighted by atomic mass is 16.5. The fourth-order valence-corrected chi connectivity index (χ4v) is 3.12. The van der Waals surface area contributed by atoms with Gasteiger partial charge in [0.15, 0.2) is 0 Å². The van der Waals surface area contributed by atoms with Crippen molar-refractivity contribution in [3.63, 3.8) is 0 Å². The molecule has 5 heteroatoms. The number of hydrogen-bond acceptors (Lipinski definition) is 3. The van der Waals surface area contributed by atoms with E-state index in [2.05, 4.69) is 40.0 Å². The molecule has 3 rings (SSSR count). The summed E-state index contributed by atoms with van der Waals surface area (Å²) in [4.78, 5) is 14.3. The van der Waals surface area contributed by atoms with E-state index in [9.17, 15) is 4.79 Å². The van der Waals surface area contributed by atoms with Crippen LogP contribution in [0.4, 0.5) is 0 Å². The molecule has 20 heavy (non-hydrogen) atoms. The predicted octanol–water partition coefficient (Wildman–Crippen LogP) is 1.16. The van der Waals surface area contributed by atoms with Crippen molar-refractivity contribution < 1.29 is 9.53 Å². The van der Waals surface area contributed by atoms with Crippen LogP contribution in [0.3, 0.4) is 0 Å². The van der Waals surface area contributed by atoms with E-state index >= 15 is 0 Å². The Bertz CT molecular complexity index is 465. The first-order valence-electron chi connectivity index (χ1n) is 7.51. The fourth-order valence-electron chi connectivity index (χ4n) is 3.12. The van der Waals surface area contributed by atoms with E-state index in [0.29, 0.717) is 19.1 Å². The minimum Gasteiger partial charge on any atom is -0.376 e. The predicted molar refractivity (Wildman–Crippen MR) is 76.4 cm³/mol. The molecule has 110 valence electrons. The summed E-state index contributed by atoms with van der Waals surface area (Å²) in [6.07, 6.45) is 4.50. The van der Waals surface area contributed by atoms with Gasteiger partial charge >= 0.3 is 0 Å². The van der Waals surface area contributed by atoms with E-state index in [-0.39, 0.29) is 12.0 Å². The average molecular weight is 277 g/mol. The molecule has 1 amide bonds. The Morgan fingerprint density at radius 2 is 2.40 bits per heavy atom. The lowest BCUT2D eigenvalue weighted by Crippen LogP contribution is -2.44. The third kappa shape index (κ3) is 2.88. The number of amides is 1. The Labute approximate surface area is 119 Å². The molecule has 2 atom stereocenters. The summed E-state index contributed by atoms with van der Waals surface area (Å²) in [5.74, 6) is 0.104. The summed E-state index contributed by atoms with van der Waals surface area (Å²) in [7, 11) is 0. The van der Waals surface area contributed by atoms with Crippen LogP contribution in [0.15, 0.2) is 18.3 Å². The number of fused-ring (bicyclic) bond motifs is 1. The summed E-state index contributed by atoms with van der Waals surface area (Å²) < 4.78 is 7.79. The van der Waals surface area contributed by atoms with Gasteiger partial charge < -0.3 is 14.6 Å². The SMILES string of the molecule is C[C@@H]1c2cccn2CCN1CC(=O)NC[C@H]1CCCO1. The number of hydrogen-bond donors (Lipinski definition) is 1. The summed E-state index contributed by atoms with van der Waals surface area (Å²) in [5, 5.41) is 3.00. The maximum absolute atomic E-state index is 12.0. The second-order valence-corrected chi connectivity index (χ2v) is 5.71. The Kier molecular flexibility index (Phi) is 4.08. The molecule has 5 nitrogen and oxygen atoms in total. The van der Waals surface area contributed by atoms with Crippen molar-refractivity contribution in [1.29, 1.82) is 0 Å². The minimum absolute atomic E-state index is 0.104. The molecule has 3 heterocycles. The Balaban J connectivity index is 1.49. The number of nitrogens with zero attached hydrogens (tertiary/aromatic N) is 2. The van der Waals surface area contributed by atoms with Crippen LogP contribution in [-0.2, 0) is 16.1 Å². The zero-order chi connectivity index (χ0) is 13.9. The van der Waals surface area contributed by atoms with Crippen LogP contribution >= 0.6 is 0 Å². The largest absolute Gasteiger partial charge is 0.376 e. The van der Waals surface area contributed by atoms with Crippen LogP contribution in [0.25, 0.3) is 0 Å². The molecule has 1 N–H and O–H groups in total. The van der Waals surface area contributed by atoms with Gasteiger partial charge in [0.25, 0.3) is 0 Å². The van der Waals surface area contributed by atoms with Crippen LogP contribution in [-0.4, -0.2) is 47.7 Å². The number of nitrogens with one attached hydrogen (secondary N) is 1. The van der Waals surface area contributed by atoms with Gasteiger partial charge in [-0.25, -0.2) is 0 Å². The number of rotatable bonds is 4. The van der Waals surface area contributed by atoms with Crippen molar-refractivity contribution in [2.45, 2.75) is 38.5 Å². The monoisotopic (exact) mass is 277 g/mol. The highest BCUT2D eigenvalue weighted by Gasteiger charge is 2.25. The molecule has 0 unspecified atom stereocenters. The van der Waals surface area contributed by atoms with Gasteiger partial charge in [0.2, 0.25) is 5.91 Å². The summed E-state index contributed by atoms with van der Waals surface area (Å²) >= 11 is 0. The van der Waals surface area contributed by atoms with Crippen molar-refractivity contribution in [2.24, 2.45) is 0 Å². The van der Waals surface area contributed by atoms with Crippen molar-refractivity contribution in [3.05, 3.63) is 24.0 Å². The quantitative estimate of drug-likeness (QED) is 0.898. The minimum atomic E-state index is 0.104. The van der Waals surface area contributed by atoms with Crippen molar-refractivity contribution >= 4 is 5.91 Å². The molecule has 1 aromatic rings. The molecule has 2 aliphatic rings. The lowest BCUT2D eigenvalue weighted by Gasteiger charge is -2.34. The topological polar surface area (TPSA) is 46.5 Å². The van der Waals surface area contributed by atoms with Crippen LogP contribution in [0, 0.1) is 0 Å². The zero-order valence-corrected chi connectivity index (χ0v) is 12.0. The summed E-state index contributed by atoms with van der Waals surface area (Å²) in [5.41, 5.74) is 1.29. The molecule has 0 saturated carbocycles. The molecule has 0 radical (unpaired) electrons. The standard InChI is InChI=1S/C15H23N3O2/c1-12-14-5-2-6-17(14)7-8-18(12)11-15(19)16-10-13-4-3-9-20-13/h2,5-6,12-13H,3-4,7-11H2,1H3,(H,16,19)/t12-,13-/m1/s1. The van der Waals surface area contributed by atoms with Gasteiger partial charge in [-0.15, -0.1) is 0 Å². The van der Waals surface area contributed by atoms with Gasteiger partial charge in [0.1, 0.15) is 0 Å². The highest BCUT2D eigenvalue weighted by molar-refractivity contribution is 5.78. The van der Waals surface area contributed by atoms with Crippen LogP contribution in [0.5, 0.6) is 0 Å². The Morgan fingerprint density at radius 1 is 1.50 bits per heavy atom. The normalized spacial score (nSPS) is 26.4. The zero-order valence-electron chi connectivity index (χ0n) is 12.0. The molecule has 0 spiro atoms. The van der Waals surface area contributed by atoms with Gasteiger partial charge in [-0.05, 0) is 31.9 Å². The van der Waals surface area contributed by atoms with Crippen LogP contribution < -0.4 is 5.32 Å². The first-order chi connectivity index (χ1) is 9.74. The molecule has 1 aromatic heterocycles. The number of carbonyl (C=O) groups excluding carboxylic acids is 1. The molecule has 1 fully saturated rings. The second-order valence-electron chi connectivity index (χ2n) is 5.71. The van der Waals surface area contributed by atoms with E-state index < -0.39 is 0 Å². The van der Waals surface area contributed by atoms with E-state index in [1.54, 1.807) is 0 Å². The average Bonchev–Trinajstić information content (AvgIpc) is 3.10. The first kappa shape index (κ1) is 13.6. The molecule has 2 aliphatic heterocycles. The van der Waals surface area contributed by atoms with Crippen LogP contribution in [0.2, 0.25) is 0 Å². The Hall–Kier alpha value is -1.33. The number of ether oxygens (including phenoxy) is 1. The molecule has 0 aliphatic carbocycles. The lowest BCUT2D eigenvalue weighted by atomic mass is 10.1. The van der Waals surface area contributed by atoms with Gasteiger partial charge in [-0.2, -0.15) is 0 Å². The molecular formula is C15H23N3O2. The van der Waals surface area contributed by atoms with E-state index in [1.807, 2.05) is 0 Å². The third-order valence-corrected chi connectivity index (χ3v) is 4.37. The van der Waals surface area contributed by atoms with E-state index in [0.717, 1.165) is 32.5 Å². The maximum Gasteiger partial charge on any atom is 0.234 e. The molecule has 0 aromatic carbocycles. The lowest BCUT2D eigenvalue weighted by molar-refractivity contribution is -0.123. The molecule has 1 saturated heterocycles. The van der Waals surface area contributed by atoms with E-state index in [1.165, 1.54) is 5.69 Å². The van der Waals surface area contributed by atoms with Gasteiger partial charge in [0.05, 0.1) is 12.6 Å².